The van der Waals surface area contributed by atoms with Gasteiger partial charge in [-0.3, -0.25) is 13.9 Å². The van der Waals surface area contributed by atoms with Crippen LogP contribution < -0.4 is 21.9 Å². The molecule has 4 rings (SSSR count). The molecule has 0 aliphatic rings. The predicted molar refractivity (Wildman–Crippen MR) is 146 cm³/mol. The van der Waals surface area contributed by atoms with Crippen LogP contribution >= 0.6 is 0 Å². The molecule has 0 saturated heterocycles. The van der Waals surface area contributed by atoms with Crippen LogP contribution in [0.4, 0.5) is 11.5 Å². The molecule has 0 aliphatic carbocycles. The Morgan fingerprint density at radius 1 is 0.889 bits per heavy atom. The minimum absolute atomic E-state index is 0.218. The van der Waals surface area contributed by atoms with Crippen molar-refractivity contribution in [2.45, 2.75) is 47.3 Å². The minimum Gasteiger partial charge on any atom is -0.340 e. The van der Waals surface area contributed by atoms with Gasteiger partial charge < -0.3 is 10.6 Å². The van der Waals surface area contributed by atoms with Gasteiger partial charge in [0.15, 0.2) is 5.65 Å². The largest absolute Gasteiger partial charge is 0.340 e. The Hall–Kier alpha value is -3.65. The average Bonchev–Trinajstić information content (AvgIpc) is 3.19. The minimum atomic E-state index is -0.355. The highest BCUT2D eigenvalue weighted by Crippen LogP contribution is 2.25. The van der Waals surface area contributed by atoms with Crippen LogP contribution in [0.3, 0.4) is 0 Å². The number of anilines is 2. The SMILES string of the molecule is CC(C)CNCc1ccc(Cn2nc3c(c2Nc2ccccc2)c(=O)n(C)c(=O)n3CC(C)C)cc1. The van der Waals surface area contributed by atoms with Gasteiger partial charge >= 0.3 is 5.69 Å². The van der Waals surface area contributed by atoms with E-state index in [-0.39, 0.29) is 17.2 Å². The standard InChI is InChI=1S/C28H36N6O2/c1-19(2)15-29-16-21-11-13-22(14-12-21)18-34-25(30-23-9-7-6-8-10-23)24-26(31-34)33(17-20(3)4)28(36)32(5)27(24)35/h6-14,19-20,29-30H,15-18H2,1-5H3. The molecule has 0 unspecified atom stereocenters. The molecular formula is C28H36N6O2. The Morgan fingerprint density at radius 2 is 1.56 bits per heavy atom. The van der Waals surface area contributed by atoms with Crippen LogP contribution in [-0.4, -0.2) is 25.5 Å². The maximum atomic E-state index is 13.3. The summed E-state index contributed by atoms with van der Waals surface area (Å²) in [6.45, 7) is 11.2. The van der Waals surface area contributed by atoms with Crippen molar-refractivity contribution in [2.75, 3.05) is 11.9 Å². The Balaban J connectivity index is 1.77. The second-order valence-corrected chi connectivity index (χ2v) is 10.2. The monoisotopic (exact) mass is 488 g/mol. The van der Waals surface area contributed by atoms with Crippen molar-refractivity contribution in [1.29, 1.82) is 0 Å². The van der Waals surface area contributed by atoms with Gasteiger partial charge in [-0.25, -0.2) is 9.48 Å². The molecule has 0 spiro atoms. The van der Waals surface area contributed by atoms with E-state index in [9.17, 15) is 9.59 Å². The summed E-state index contributed by atoms with van der Waals surface area (Å²) in [6, 6.07) is 18.1. The van der Waals surface area contributed by atoms with Crippen LogP contribution in [0, 0.1) is 11.8 Å². The number of hydrogen-bond acceptors (Lipinski definition) is 5. The van der Waals surface area contributed by atoms with Crippen molar-refractivity contribution in [3.8, 4) is 0 Å². The molecule has 0 aliphatic heterocycles. The van der Waals surface area contributed by atoms with Crippen LogP contribution in [0.2, 0.25) is 0 Å². The van der Waals surface area contributed by atoms with Crippen molar-refractivity contribution < 1.29 is 0 Å². The Kier molecular flexibility index (Phi) is 7.74. The van der Waals surface area contributed by atoms with Gasteiger partial charge in [-0.05, 0) is 41.6 Å². The van der Waals surface area contributed by atoms with E-state index in [0.29, 0.717) is 35.9 Å². The fourth-order valence-electron chi connectivity index (χ4n) is 4.23. The molecule has 2 heterocycles. The van der Waals surface area contributed by atoms with Gasteiger partial charge in [0.1, 0.15) is 11.2 Å². The van der Waals surface area contributed by atoms with Crippen LogP contribution in [0.5, 0.6) is 0 Å². The lowest BCUT2D eigenvalue weighted by Crippen LogP contribution is -2.38. The number of nitrogens with zero attached hydrogens (tertiary/aromatic N) is 4. The summed E-state index contributed by atoms with van der Waals surface area (Å²) in [5.41, 5.74) is 2.82. The summed E-state index contributed by atoms with van der Waals surface area (Å²) in [7, 11) is 1.52. The van der Waals surface area contributed by atoms with Crippen molar-refractivity contribution in [1.82, 2.24) is 24.2 Å². The highest BCUT2D eigenvalue weighted by Gasteiger charge is 2.22. The first-order valence-corrected chi connectivity index (χ1v) is 12.6. The highest BCUT2D eigenvalue weighted by molar-refractivity contribution is 5.89. The van der Waals surface area contributed by atoms with E-state index >= 15 is 0 Å². The molecule has 0 saturated carbocycles. The summed E-state index contributed by atoms with van der Waals surface area (Å²) >= 11 is 0. The fraction of sp³-hybridized carbons (Fsp3) is 0.393. The molecule has 190 valence electrons. The fourth-order valence-corrected chi connectivity index (χ4v) is 4.23. The lowest BCUT2D eigenvalue weighted by molar-refractivity contribution is 0.498. The first-order valence-electron chi connectivity index (χ1n) is 12.6. The zero-order chi connectivity index (χ0) is 25.8. The second kappa shape index (κ2) is 11.0. The topological polar surface area (TPSA) is 85.9 Å². The van der Waals surface area contributed by atoms with E-state index in [1.807, 2.05) is 44.2 Å². The van der Waals surface area contributed by atoms with E-state index in [1.54, 1.807) is 9.25 Å². The Morgan fingerprint density at radius 3 is 2.19 bits per heavy atom. The molecule has 0 fully saturated rings. The zero-order valence-electron chi connectivity index (χ0n) is 21.8. The number of fused-ring (bicyclic) bond motifs is 1. The average molecular weight is 489 g/mol. The molecule has 2 aromatic heterocycles. The van der Waals surface area contributed by atoms with E-state index in [4.69, 9.17) is 5.10 Å². The van der Waals surface area contributed by atoms with E-state index < -0.39 is 0 Å². The molecule has 36 heavy (non-hydrogen) atoms. The quantitative estimate of drug-likeness (QED) is 0.351. The lowest BCUT2D eigenvalue weighted by atomic mass is 10.1. The predicted octanol–water partition coefficient (Wildman–Crippen LogP) is 4.09. The number of aromatic nitrogens is 4. The molecule has 0 atom stereocenters. The third kappa shape index (κ3) is 5.60. The van der Waals surface area contributed by atoms with Gasteiger partial charge in [0.2, 0.25) is 0 Å². The number of nitrogens with one attached hydrogen (secondary N) is 2. The molecule has 8 heteroatoms. The van der Waals surface area contributed by atoms with Gasteiger partial charge in [0, 0.05) is 25.8 Å². The van der Waals surface area contributed by atoms with Crippen molar-refractivity contribution in [2.24, 2.45) is 18.9 Å². The second-order valence-electron chi connectivity index (χ2n) is 10.2. The first-order chi connectivity index (χ1) is 17.2. The maximum Gasteiger partial charge on any atom is 0.332 e. The molecule has 4 aromatic rings. The van der Waals surface area contributed by atoms with Gasteiger partial charge in [-0.15, -0.1) is 0 Å². The zero-order valence-corrected chi connectivity index (χ0v) is 21.8. The molecule has 2 N–H and O–H groups in total. The van der Waals surface area contributed by atoms with E-state index in [1.165, 1.54) is 17.2 Å². The molecular weight excluding hydrogens is 452 g/mol. The van der Waals surface area contributed by atoms with Crippen LogP contribution in [0.25, 0.3) is 11.0 Å². The first kappa shape index (κ1) is 25.4. The molecule has 8 nitrogen and oxygen atoms in total. The summed E-state index contributed by atoms with van der Waals surface area (Å²) in [5.74, 6) is 1.41. The molecule has 0 radical (unpaired) electrons. The van der Waals surface area contributed by atoms with E-state index in [2.05, 4.69) is 48.7 Å². The third-order valence-corrected chi connectivity index (χ3v) is 6.05. The number of benzene rings is 2. The smallest absolute Gasteiger partial charge is 0.332 e. The van der Waals surface area contributed by atoms with Gasteiger partial charge in [0.25, 0.3) is 5.56 Å². The normalized spacial score (nSPS) is 11.6. The summed E-state index contributed by atoms with van der Waals surface area (Å²) in [5, 5.41) is 12.1. The van der Waals surface area contributed by atoms with Crippen LogP contribution in [0.15, 0.2) is 64.2 Å². The number of rotatable bonds is 10. The number of hydrogen-bond donors (Lipinski definition) is 2. The van der Waals surface area contributed by atoms with E-state index in [0.717, 1.165) is 24.3 Å². The van der Waals surface area contributed by atoms with Crippen molar-refractivity contribution in [3.63, 3.8) is 0 Å². The number of para-hydroxylation sites is 1. The summed E-state index contributed by atoms with van der Waals surface area (Å²) in [6.07, 6.45) is 0. The highest BCUT2D eigenvalue weighted by atomic mass is 16.2. The Labute approximate surface area is 211 Å². The summed E-state index contributed by atoms with van der Waals surface area (Å²) < 4.78 is 4.57. The molecule has 2 aromatic carbocycles. The molecule has 0 bridgehead atoms. The van der Waals surface area contributed by atoms with Gasteiger partial charge in [-0.2, -0.15) is 5.10 Å². The molecule has 0 amide bonds. The van der Waals surface area contributed by atoms with Crippen molar-refractivity contribution >= 4 is 22.5 Å². The van der Waals surface area contributed by atoms with Crippen LogP contribution in [-0.2, 0) is 26.7 Å². The van der Waals surface area contributed by atoms with Gasteiger partial charge in [-0.1, -0.05) is 70.2 Å². The summed E-state index contributed by atoms with van der Waals surface area (Å²) in [4.78, 5) is 26.3. The van der Waals surface area contributed by atoms with Crippen LogP contribution in [0.1, 0.15) is 38.8 Å². The lowest BCUT2D eigenvalue weighted by Gasteiger charge is -2.12. The third-order valence-electron chi connectivity index (χ3n) is 6.05. The van der Waals surface area contributed by atoms with Gasteiger partial charge in [0.05, 0.1) is 6.54 Å². The maximum absolute atomic E-state index is 13.3. The van der Waals surface area contributed by atoms with Crippen molar-refractivity contribution in [3.05, 3.63) is 86.6 Å². The Bertz CT molecular complexity index is 1430.